The number of rotatable bonds is 6. The maximum absolute atomic E-state index is 13.8. The molecular weight excluding hydrogens is 486 g/mol. The zero-order valence-electron chi connectivity index (χ0n) is 20.9. The minimum absolute atomic E-state index is 0.0730. The maximum Gasteiger partial charge on any atom is 0.256 e. The van der Waals surface area contributed by atoms with E-state index in [2.05, 4.69) is 5.32 Å². The first-order valence-corrected chi connectivity index (χ1v) is 13.5. The lowest BCUT2D eigenvalue weighted by atomic mass is 9.96. The molecule has 0 saturated carbocycles. The van der Waals surface area contributed by atoms with Gasteiger partial charge in [0.15, 0.2) is 0 Å². The third-order valence-electron chi connectivity index (χ3n) is 7.19. The van der Waals surface area contributed by atoms with Crippen LogP contribution >= 0.6 is 11.3 Å². The molecule has 2 saturated heterocycles. The van der Waals surface area contributed by atoms with E-state index in [1.54, 1.807) is 28.4 Å². The first kappa shape index (κ1) is 25.2. The summed E-state index contributed by atoms with van der Waals surface area (Å²) in [6, 6.07) is 20.2. The van der Waals surface area contributed by atoms with Crippen LogP contribution in [0.3, 0.4) is 0 Å². The molecule has 0 radical (unpaired) electrons. The number of piperidine rings is 1. The molecule has 3 aromatic rings. The highest BCUT2D eigenvalue weighted by atomic mass is 32.1. The molecule has 3 heterocycles. The van der Waals surface area contributed by atoms with Crippen LogP contribution in [0.15, 0.2) is 72.1 Å². The summed E-state index contributed by atoms with van der Waals surface area (Å²) in [6.07, 6.45) is 1.30. The molecule has 2 fully saturated rings. The molecule has 3 amide bonds. The van der Waals surface area contributed by atoms with Gasteiger partial charge in [0.2, 0.25) is 11.8 Å². The van der Waals surface area contributed by atoms with E-state index in [0.29, 0.717) is 44.5 Å². The second kappa shape index (κ2) is 10.9. The fourth-order valence-corrected chi connectivity index (χ4v) is 5.78. The van der Waals surface area contributed by atoms with Gasteiger partial charge >= 0.3 is 0 Å². The Labute approximate surface area is 221 Å². The van der Waals surface area contributed by atoms with Crippen molar-refractivity contribution in [3.63, 3.8) is 0 Å². The number of ether oxygens (including phenoxy) is 1. The molecule has 192 valence electrons. The molecule has 7 nitrogen and oxygen atoms in total. The molecule has 0 aliphatic carbocycles. The number of carbonyl (C=O) groups is 3. The summed E-state index contributed by atoms with van der Waals surface area (Å²) in [4.78, 5) is 44.6. The molecule has 1 spiro atoms. The van der Waals surface area contributed by atoms with Crippen LogP contribution < -0.4 is 5.32 Å². The van der Waals surface area contributed by atoms with Crippen molar-refractivity contribution in [2.45, 2.75) is 44.5 Å². The number of thiophene rings is 1. The third kappa shape index (κ3) is 5.45. The molecule has 0 unspecified atom stereocenters. The molecule has 2 aliphatic heterocycles. The molecule has 2 aromatic carbocycles. The van der Waals surface area contributed by atoms with Crippen molar-refractivity contribution in [1.82, 2.24) is 15.1 Å². The minimum Gasteiger partial charge on any atom is -0.353 e. The average molecular weight is 518 g/mol. The van der Waals surface area contributed by atoms with Gasteiger partial charge in [-0.1, -0.05) is 54.1 Å². The van der Waals surface area contributed by atoms with Crippen LogP contribution in [0.5, 0.6) is 0 Å². The molecule has 1 aromatic heterocycles. The van der Waals surface area contributed by atoms with Crippen molar-refractivity contribution < 1.29 is 19.1 Å². The summed E-state index contributed by atoms with van der Waals surface area (Å²) in [5.74, 6) is -0.392. The van der Waals surface area contributed by atoms with E-state index in [-0.39, 0.29) is 24.3 Å². The fourth-order valence-electron chi connectivity index (χ4n) is 5.08. The van der Waals surface area contributed by atoms with Crippen molar-refractivity contribution in [2.24, 2.45) is 0 Å². The maximum atomic E-state index is 13.8. The number of benzene rings is 2. The summed E-state index contributed by atoms with van der Waals surface area (Å²) >= 11 is 1.57. The summed E-state index contributed by atoms with van der Waals surface area (Å²) in [5, 5.41) is 4.95. The smallest absolute Gasteiger partial charge is 0.256 e. The van der Waals surface area contributed by atoms with Gasteiger partial charge in [-0.3, -0.25) is 19.3 Å². The minimum atomic E-state index is -0.920. The van der Waals surface area contributed by atoms with Crippen LogP contribution in [0, 0.1) is 6.92 Å². The highest BCUT2D eigenvalue weighted by molar-refractivity contribution is 7.10. The molecule has 5 rings (SSSR count). The number of nitrogens with one attached hydrogen (secondary N) is 1. The molecule has 0 bridgehead atoms. The lowest BCUT2D eigenvalue weighted by Gasteiger charge is -2.44. The van der Waals surface area contributed by atoms with Gasteiger partial charge in [-0.15, -0.1) is 11.3 Å². The van der Waals surface area contributed by atoms with E-state index in [4.69, 9.17) is 4.74 Å². The van der Waals surface area contributed by atoms with Crippen molar-refractivity contribution in [3.8, 4) is 0 Å². The zero-order chi connectivity index (χ0) is 25.8. The standard InChI is InChI=1S/C29H31N3O4S/c1-21-9-11-23(12-10-21)28(35)32-25(27(34)30-19-22-6-3-2-4-7-22)20-36-29(32)13-15-31(16-14-29)26(33)18-24-8-5-17-37-24/h2-12,17,25H,13-16,18-20H2,1H3,(H,30,34)/t25-/m1/s1. The number of nitrogens with zero attached hydrogens (tertiary/aromatic N) is 2. The van der Waals surface area contributed by atoms with Crippen molar-refractivity contribution in [3.05, 3.63) is 93.7 Å². The number of hydrogen-bond donors (Lipinski definition) is 1. The van der Waals surface area contributed by atoms with Crippen molar-refractivity contribution >= 4 is 29.1 Å². The van der Waals surface area contributed by atoms with Crippen LogP contribution in [0.1, 0.15) is 39.2 Å². The Kier molecular flexibility index (Phi) is 7.39. The van der Waals surface area contributed by atoms with Crippen LogP contribution in [0.25, 0.3) is 0 Å². The summed E-state index contributed by atoms with van der Waals surface area (Å²) in [7, 11) is 0. The summed E-state index contributed by atoms with van der Waals surface area (Å²) in [6.45, 7) is 3.42. The monoisotopic (exact) mass is 517 g/mol. The first-order valence-electron chi connectivity index (χ1n) is 12.6. The van der Waals surface area contributed by atoms with Crippen LogP contribution in [-0.4, -0.2) is 59.0 Å². The Morgan fingerprint density at radius 3 is 2.41 bits per heavy atom. The first-order chi connectivity index (χ1) is 17.9. The number of hydrogen-bond acceptors (Lipinski definition) is 5. The third-order valence-corrected chi connectivity index (χ3v) is 8.07. The predicted molar refractivity (Wildman–Crippen MR) is 142 cm³/mol. The van der Waals surface area contributed by atoms with Crippen LogP contribution in [0.4, 0.5) is 0 Å². The summed E-state index contributed by atoms with van der Waals surface area (Å²) in [5.41, 5.74) is 1.64. The highest BCUT2D eigenvalue weighted by Gasteiger charge is 2.54. The fraction of sp³-hybridized carbons (Fsp3) is 0.345. The van der Waals surface area contributed by atoms with E-state index in [0.717, 1.165) is 16.0 Å². The quantitative estimate of drug-likeness (QED) is 0.540. The molecule has 1 N–H and O–H groups in total. The second-order valence-corrected chi connectivity index (χ2v) is 10.7. The summed E-state index contributed by atoms with van der Waals surface area (Å²) < 4.78 is 6.29. The Morgan fingerprint density at radius 2 is 1.73 bits per heavy atom. The van der Waals surface area contributed by atoms with Gasteiger partial charge in [0.1, 0.15) is 11.8 Å². The van der Waals surface area contributed by atoms with Gasteiger partial charge < -0.3 is 15.0 Å². The van der Waals surface area contributed by atoms with E-state index in [1.807, 2.05) is 71.8 Å². The van der Waals surface area contributed by atoms with Crippen LogP contribution in [0.2, 0.25) is 0 Å². The molecular formula is C29H31N3O4S. The lowest BCUT2D eigenvalue weighted by Crippen LogP contribution is -2.59. The Bertz CT molecular complexity index is 1240. The number of amides is 3. The highest BCUT2D eigenvalue weighted by Crippen LogP contribution is 2.38. The largest absolute Gasteiger partial charge is 0.353 e. The van der Waals surface area contributed by atoms with Gasteiger partial charge in [0.05, 0.1) is 13.0 Å². The Morgan fingerprint density at radius 1 is 1.00 bits per heavy atom. The van der Waals surface area contributed by atoms with Gasteiger partial charge in [-0.25, -0.2) is 0 Å². The Balaban J connectivity index is 1.33. The van der Waals surface area contributed by atoms with Crippen LogP contribution in [-0.2, 0) is 27.3 Å². The zero-order valence-corrected chi connectivity index (χ0v) is 21.7. The van der Waals surface area contributed by atoms with E-state index in [1.165, 1.54) is 0 Å². The number of aryl methyl sites for hydroxylation is 1. The topological polar surface area (TPSA) is 79.0 Å². The SMILES string of the molecule is Cc1ccc(C(=O)N2[C@@H](C(=O)NCc3ccccc3)COC23CCN(C(=O)Cc2cccs2)CC3)cc1. The Hall–Kier alpha value is -3.49. The predicted octanol–water partition coefficient (Wildman–Crippen LogP) is 3.78. The van der Waals surface area contributed by atoms with E-state index < -0.39 is 11.8 Å². The lowest BCUT2D eigenvalue weighted by molar-refractivity contribution is -0.143. The van der Waals surface area contributed by atoms with E-state index in [9.17, 15) is 14.4 Å². The number of carbonyl (C=O) groups excluding carboxylic acids is 3. The molecule has 8 heteroatoms. The average Bonchev–Trinajstić information content (AvgIpc) is 3.56. The second-order valence-electron chi connectivity index (χ2n) is 9.65. The number of likely N-dealkylation sites (tertiary alicyclic amines) is 1. The van der Waals surface area contributed by atoms with Gasteiger partial charge in [-0.2, -0.15) is 0 Å². The van der Waals surface area contributed by atoms with Gasteiger partial charge in [0.25, 0.3) is 5.91 Å². The van der Waals surface area contributed by atoms with Crippen molar-refractivity contribution in [2.75, 3.05) is 19.7 Å². The van der Waals surface area contributed by atoms with Crippen molar-refractivity contribution in [1.29, 1.82) is 0 Å². The van der Waals surface area contributed by atoms with E-state index >= 15 is 0 Å². The molecule has 37 heavy (non-hydrogen) atoms. The van der Waals surface area contributed by atoms with Gasteiger partial charge in [0, 0.05) is 42.9 Å². The van der Waals surface area contributed by atoms with Gasteiger partial charge in [-0.05, 0) is 36.1 Å². The normalized spacial score (nSPS) is 18.7. The molecule has 1 atom stereocenters. The molecule has 2 aliphatic rings.